The van der Waals surface area contributed by atoms with Crippen molar-refractivity contribution in [3.63, 3.8) is 0 Å². The first kappa shape index (κ1) is 56.4. The van der Waals surface area contributed by atoms with E-state index in [-0.39, 0.29) is 27.1 Å². The minimum atomic E-state index is 0.0934. The van der Waals surface area contributed by atoms with Gasteiger partial charge in [0.15, 0.2) is 15.5 Å². The summed E-state index contributed by atoms with van der Waals surface area (Å²) in [7, 11) is 0. The Bertz CT molecular complexity index is 2410. The molecule has 1 saturated carbocycles. The zero-order valence-electron chi connectivity index (χ0n) is 39.7. The number of benzene rings is 5. The fourth-order valence-corrected chi connectivity index (χ4v) is 10.1. The number of amidine groups is 3. The molecule has 1 aliphatic carbocycles. The highest BCUT2D eigenvalue weighted by Gasteiger charge is 2.16. The smallest absolute Gasteiger partial charge is 0.151 e. The lowest BCUT2D eigenvalue weighted by Gasteiger charge is -2.21. The molecule has 0 bridgehead atoms. The molecule has 0 radical (unpaired) electrons. The molecule has 0 amide bonds. The molecule has 0 heterocycles. The second kappa shape index (κ2) is 32.6. The van der Waals surface area contributed by atoms with Crippen molar-refractivity contribution >= 4 is 79.7 Å². The van der Waals surface area contributed by atoms with Gasteiger partial charge in [0.2, 0.25) is 0 Å². The maximum Gasteiger partial charge on any atom is 0.151 e. The van der Waals surface area contributed by atoms with Gasteiger partial charge in [-0.15, -0.1) is 0 Å². The summed E-state index contributed by atoms with van der Waals surface area (Å²) in [5.74, 6) is 3.53. The maximum absolute atomic E-state index is 12.3. The van der Waals surface area contributed by atoms with Gasteiger partial charge in [-0.2, -0.15) is 0 Å². The predicted octanol–water partition coefficient (Wildman–Crippen LogP) is 12.8. The van der Waals surface area contributed by atoms with Crippen molar-refractivity contribution in [2.24, 2.45) is 23.1 Å². The van der Waals surface area contributed by atoms with Crippen molar-refractivity contribution in [1.29, 1.82) is 16.2 Å². The highest BCUT2D eigenvalue weighted by atomic mass is 35.5. The lowest BCUT2D eigenvalue weighted by Crippen LogP contribution is -2.11. The molecule has 0 aliphatic heterocycles. The molecule has 69 heavy (non-hydrogen) atoms. The highest BCUT2D eigenvalue weighted by Crippen LogP contribution is 2.28. The van der Waals surface area contributed by atoms with E-state index in [1.165, 1.54) is 73.0 Å². The molecule has 13 heteroatoms. The van der Waals surface area contributed by atoms with E-state index in [2.05, 4.69) is 12.1 Å². The molecule has 1 fully saturated rings. The van der Waals surface area contributed by atoms with E-state index >= 15 is 0 Å². The quantitative estimate of drug-likeness (QED) is 0.0272. The number of nitrogens with two attached hydrogens (primary N) is 3. The molecular weight excluding hydrogens is 936 g/mol. The second-order valence-electron chi connectivity index (χ2n) is 17.2. The van der Waals surface area contributed by atoms with E-state index in [1.807, 2.05) is 115 Å². The number of Topliss-reactive ketones (excluding diaryl/α,β-unsaturated/α-hetero) is 3. The number of halogens is 1. The van der Waals surface area contributed by atoms with Crippen LogP contribution in [0.25, 0.3) is 0 Å². The van der Waals surface area contributed by atoms with Gasteiger partial charge in [-0.1, -0.05) is 200 Å². The van der Waals surface area contributed by atoms with E-state index in [4.69, 9.17) is 45.0 Å². The van der Waals surface area contributed by atoms with E-state index in [0.29, 0.717) is 61.6 Å². The topological polar surface area (TPSA) is 201 Å². The van der Waals surface area contributed by atoms with Gasteiger partial charge in [-0.3, -0.25) is 30.6 Å². The van der Waals surface area contributed by atoms with E-state index in [1.54, 1.807) is 0 Å². The summed E-state index contributed by atoms with van der Waals surface area (Å²) in [5, 5.41) is 23.0. The van der Waals surface area contributed by atoms with Crippen molar-refractivity contribution < 1.29 is 14.4 Å². The first-order valence-electron chi connectivity index (χ1n) is 23.8. The van der Waals surface area contributed by atoms with Crippen LogP contribution in [0.4, 0.5) is 0 Å². The zero-order valence-corrected chi connectivity index (χ0v) is 42.9. The predicted molar refractivity (Wildman–Crippen MR) is 295 cm³/mol. The van der Waals surface area contributed by atoms with E-state index in [0.717, 1.165) is 82.0 Å². The molecule has 1 aliphatic rings. The zero-order chi connectivity index (χ0) is 49.6. The van der Waals surface area contributed by atoms with Gasteiger partial charge in [-0.05, 0) is 88.6 Å². The van der Waals surface area contributed by atoms with Crippen molar-refractivity contribution in [2.75, 3.05) is 0 Å². The van der Waals surface area contributed by atoms with E-state index in [9.17, 15) is 14.4 Å². The van der Waals surface area contributed by atoms with Gasteiger partial charge >= 0.3 is 0 Å². The number of carbonyl (C=O) groups is 3. The summed E-state index contributed by atoms with van der Waals surface area (Å²) in [5.41, 5.74) is 25.0. The molecule has 9 nitrogen and oxygen atoms in total. The lowest BCUT2D eigenvalue weighted by atomic mass is 9.85. The minimum Gasteiger partial charge on any atom is -0.379 e. The number of hydrogen-bond donors (Lipinski definition) is 6. The largest absolute Gasteiger partial charge is 0.379 e. The fourth-order valence-electron chi connectivity index (χ4n) is 8.13. The Balaban J connectivity index is 0.000000226. The van der Waals surface area contributed by atoms with Crippen LogP contribution in [0, 0.1) is 22.1 Å². The average Bonchev–Trinajstić information content (AvgIpc) is 3.34. The summed E-state index contributed by atoms with van der Waals surface area (Å²) in [4.78, 5) is 36.8. The first-order chi connectivity index (χ1) is 33.4. The lowest BCUT2D eigenvalue weighted by molar-refractivity contribution is -0.119. The van der Waals surface area contributed by atoms with Gasteiger partial charge in [0.05, 0.1) is 0 Å². The summed E-state index contributed by atoms with van der Waals surface area (Å²) >= 11 is 10.0. The first-order valence-corrected chi connectivity index (χ1v) is 27.1. The normalized spacial score (nSPS) is 12.1. The van der Waals surface area contributed by atoms with Crippen molar-refractivity contribution in [3.8, 4) is 0 Å². The third-order valence-corrected chi connectivity index (χ3v) is 14.5. The van der Waals surface area contributed by atoms with Crippen LogP contribution in [-0.4, -0.2) is 32.9 Å². The average molecular weight is 1010 g/mol. The molecule has 5 aromatic rings. The molecule has 0 spiro atoms. The molecule has 366 valence electrons. The molecular formula is C56H69ClN6O3S3. The summed E-state index contributed by atoms with van der Waals surface area (Å²) in [6.07, 6.45) is 14.4. The van der Waals surface area contributed by atoms with Crippen LogP contribution >= 0.6 is 46.9 Å². The number of carbonyl (C=O) groups excluding carboxylic acids is 3. The molecule has 0 atom stereocenters. The second-order valence-corrected chi connectivity index (χ2v) is 20.7. The maximum atomic E-state index is 12.3. The summed E-state index contributed by atoms with van der Waals surface area (Å²) in [6.45, 7) is 0. The Hall–Kier alpha value is -5.14. The molecule has 5 aromatic carbocycles. The van der Waals surface area contributed by atoms with Crippen LogP contribution in [0.3, 0.4) is 0 Å². The van der Waals surface area contributed by atoms with Crippen molar-refractivity contribution in [1.82, 2.24) is 0 Å². The minimum absolute atomic E-state index is 0.0934. The summed E-state index contributed by atoms with van der Waals surface area (Å²) in [6, 6.07) is 41.8. The van der Waals surface area contributed by atoms with E-state index < -0.39 is 0 Å². The number of nitrogens with one attached hydrogen (secondary N) is 3. The Labute approximate surface area is 427 Å². The molecule has 0 aromatic heterocycles. The van der Waals surface area contributed by atoms with Gasteiger partial charge in [-0.25, -0.2) is 0 Å². The SMILES string of the molecule is N=C(N)SCc1ccccc1CC(=O)CCC1CCCCC1.N=C(N)SCc1ccccc1CC(=O)CCCc1ccccc1.N=C(N)SCc1ccccc1CC(=O)CCCc1ccccc1Cl. The molecule has 0 unspecified atom stereocenters. The van der Waals surface area contributed by atoms with Crippen molar-refractivity contribution in [3.05, 3.63) is 177 Å². The number of aryl methyl sites for hydroxylation is 2. The van der Waals surface area contributed by atoms with Gasteiger partial charge in [0, 0.05) is 60.8 Å². The Morgan fingerprint density at radius 3 is 1.25 bits per heavy atom. The van der Waals surface area contributed by atoms with Gasteiger partial charge < -0.3 is 17.2 Å². The highest BCUT2D eigenvalue weighted by molar-refractivity contribution is 8.13. The Morgan fingerprint density at radius 1 is 0.464 bits per heavy atom. The number of hydrogen-bond acceptors (Lipinski definition) is 9. The van der Waals surface area contributed by atoms with Crippen molar-refractivity contribution in [2.45, 2.75) is 120 Å². The Kier molecular flexibility index (Phi) is 26.7. The van der Waals surface area contributed by atoms with Crippen LogP contribution < -0.4 is 17.2 Å². The fraction of sp³-hybridized carbons (Fsp3) is 0.357. The third-order valence-electron chi connectivity index (χ3n) is 11.8. The number of ketones is 3. The standard InChI is InChI=1S/C19H21ClN2OS.C19H22N2OS.C18H26N2OS/c20-18-11-4-3-6-14(18)9-5-10-17(23)12-15-7-1-2-8-16(15)13-24-19(21)22;20-19(21)23-14-17-11-5-4-10-16(17)13-18(22)12-6-9-15-7-2-1-3-8-15;19-18(20)22-13-16-9-5-4-8-15(16)12-17(21)11-10-14-6-2-1-3-7-14/h1-4,6-8,11H,5,9-10,12-13H2,(H3,21,22);1-5,7-8,10-11H,6,9,12-14H2,(H3,20,21);4-5,8-9,14H,1-3,6-7,10-13H2,(H3,19,20). The third kappa shape index (κ3) is 23.8. The van der Waals surface area contributed by atoms with Crippen LogP contribution in [-0.2, 0) is 63.7 Å². The van der Waals surface area contributed by atoms with Gasteiger partial charge in [0.1, 0.15) is 17.3 Å². The molecule has 9 N–H and O–H groups in total. The van der Waals surface area contributed by atoms with Crippen LogP contribution in [0.15, 0.2) is 127 Å². The monoisotopic (exact) mass is 1000 g/mol. The van der Waals surface area contributed by atoms with Crippen LogP contribution in [0.5, 0.6) is 0 Å². The van der Waals surface area contributed by atoms with Crippen LogP contribution in [0.1, 0.15) is 115 Å². The Morgan fingerprint density at radius 2 is 0.826 bits per heavy atom. The van der Waals surface area contributed by atoms with Gasteiger partial charge in [0.25, 0.3) is 0 Å². The number of thioether (sulfide) groups is 3. The number of rotatable bonds is 23. The molecule has 0 saturated heterocycles. The molecule has 6 rings (SSSR count). The van der Waals surface area contributed by atoms with Crippen LogP contribution in [0.2, 0.25) is 5.02 Å². The summed E-state index contributed by atoms with van der Waals surface area (Å²) < 4.78 is 0.